The van der Waals surface area contributed by atoms with E-state index >= 15 is 0 Å². The fraction of sp³-hybridized carbons (Fsp3) is 0.455. The predicted octanol–water partition coefficient (Wildman–Crippen LogP) is 2.22. The summed E-state index contributed by atoms with van der Waals surface area (Å²) in [5.41, 5.74) is 6.11. The highest BCUT2D eigenvalue weighted by Gasteiger charge is 2.04. The molecule has 3 N–H and O–H groups in total. The highest BCUT2D eigenvalue weighted by molar-refractivity contribution is 5.44. The van der Waals surface area contributed by atoms with Gasteiger partial charge in [0.1, 0.15) is 5.82 Å². The monoisotopic (exact) mass is 196 g/mol. The normalized spacial score (nSPS) is 12.5. The molecule has 0 aliphatic rings. The first kappa shape index (κ1) is 11.0. The van der Waals surface area contributed by atoms with E-state index < -0.39 is 0 Å². The molecule has 2 nitrogen and oxygen atoms in total. The highest BCUT2D eigenvalue weighted by atomic mass is 19.1. The number of halogens is 1. The van der Waals surface area contributed by atoms with E-state index in [1.54, 1.807) is 12.1 Å². The van der Waals surface area contributed by atoms with E-state index in [4.69, 9.17) is 5.73 Å². The molecule has 14 heavy (non-hydrogen) atoms. The Morgan fingerprint density at radius 2 is 2.14 bits per heavy atom. The number of hydrogen-bond acceptors (Lipinski definition) is 2. The van der Waals surface area contributed by atoms with Crippen molar-refractivity contribution in [2.75, 3.05) is 18.4 Å². The Morgan fingerprint density at radius 3 is 2.71 bits per heavy atom. The maximum absolute atomic E-state index is 13.2. The van der Waals surface area contributed by atoms with Gasteiger partial charge in [0.05, 0.1) is 5.69 Å². The Kier molecular flexibility index (Phi) is 4.40. The second-order valence-corrected chi connectivity index (χ2v) is 3.37. The van der Waals surface area contributed by atoms with Crippen LogP contribution in [0, 0.1) is 11.7 Å². The summed E-state index contributed by atoms with van der Waals surface area (Å²) in [4.78, 5) is 0. The van der Waals surface area contributed by atoms with Gasteiger partial charge < -0.3 is 11.1 Å². The van der Waals surface area contributed by atoms with Crippen molar-refractivity contribution in [2.45, 2.75) is 13.3 Å². The van der Waals surface area contributed by atoms with Crippen molar-refractivity contribution in [1.29, 1.82) is 0 Å². The first-order chi connectivity index (χ1) is 6.77. The van der Waals surface area contributed by atoms with E-state index in [2.05, 4.69) is 12.2 Å². The Bertz CT molecular complexity index is 272. The lowest BCUT2D eigenvalue weighted by Gasteiger charge is -2.14. The average Bonchev–Trinajstić information content (AvgIpc) is 2.22. The summed E-state index contributed by atoms with van der Waals surface area (Å²) in [7, 11) is 0. The van der Waals surface area contributed by atoms with E-state index in [0.717, 1.165) is 13.0 Å². The lowest BCUT2D eigenvalue weighted by molar-refractivity contribution is 0.545. The summed E-state index contributed by atoms with van der Waals surface area (Å²) < 4.78 is 13.2. The number of para-hydroxylation sites is 1. The van der Waals surface area contributed by atoms with Gasteiger partial charge in [0.25, 0.3) is 0 Å². The van der Waals surface area contributed by atoms with Crippen LogP contribution in [-0.2, 0) is 0 Å². The van der Waals surface area contributed by atoms with Crippen LogP contribution in [0.4, 0.5) is 10.1 Å². The lowest BCUT2D eigenvalue weighted by atomic mass is 10.1. The number of benzene rings is 1. The molecule has 0 saturated heterocycles. The maximum atomic E-state index is 13.2. The van der Waals surface area contributed by atoms with E-state index in [9.17, 15) is 4.39 Å². The van der Waals surface area contributed by atoms with Gasteiger partial charge in [-0.05, 0) is 24.6 Å². The molecule has 0 aromatic heterocycles. The molecule has 78 valence electrons. The van der Waals surface area contributed by atoms with E-state index in [1.165, 1.54) is 6.07 Å². The molecule has 1 aromatic rings. The molecule has 0 saturated carbocycles. The first-order valence-electron chi connectivity index (χ1n) is 4.96. The van der Waals surface area contributed by atoms with Crippen molar-refractivity contribution >= 4 is 5.69 Å². The van der Waals surface area contributed by atoms with Gasteiger partial charge in [0, 0.05) is 6.54 Å². The third-order valence-corrected chi connectivity index (χ3v) is 2.37. The van der Waals surface area contributed by atoms with Crippen molar-refractivity contribution in [3.8, 4) is 0 Å². The van der Waals surface area contributed by atoms with Gasteiger partial charge in [-0.3, -0.25) is 0 Å². The molecule has 1 aromatic carbocycles. The van der Waals surface area contributed by atoms with Crippen LogP contribution in [-0.4, -0.2) is 13.1 Å². The van der Waals surface area contributed by atoms with E-state index in [-0.39, 0.29) is 5.82 Å². The molecule has 1 unspecified atom stereocenters. The standard InChI is InChI=1S/C11H17FN2/c1-2-9(7-13)8-14-11-6-4-3-5-10(11)12/h3-6,9,14H,2,7-8,13H2,1H3. The Balaban J connectivity index is 2.49. The van der Waals surface area contributed by atoms with Crippen LogP contribution in [0.3, 0.4) is 0 Å². The fourth-order valence-corrected chi connectivity index (χ4v) is 1.25. The van der Waals surface area contributed by atoms with Crippen molar-refractivity contribution in [1.82, 2.24) is 0 Å². The van der Waals surface area contributed by atoms with Crippen LogP contribution in [0.5, 0.6) is 0 Å². The third kappa shape index (κ3) is 3.00. The first-order valence-corrected chi connectivity index (χ1v) is 4.96. The van der Waals surface area contributed by atoms with Crippen LogP contribution >= 0.6 is 0 Å². The topological polar surface area (TPSA) is 38.0 Å². The molecule has 0 radical (unpaired) electrons. The number of rotatable bonds is 5. The quantitative estimate of drug-likeness (QED) is 0.757. The largest absolute Gasteiger partial charge is 0.382 e. The van der Waals surface area contributed by atoms with Gasteiger partial charge >= 0.3 is 0 Å². The van der Waals surface area contributed by atoms with E-state index in [1.807, 2.05) is 6.07 Å². The van der Waals surface area contributed by atoms with Gasteiger partial charge in [-0.2, -0.15) is 0 Å². The van der Waals surface area contributed by atoms with Crippen molar-refractivity contribution in [3.05, 3.63) is 30.1 Å². The van der Waals surface area contributed by atoms with Crippen LogP contribution < -0.4 is 11.1 Å². The Morgan fingerprint density at radius 1 is 1.43 bits per heavy atom. The van der Waals surface area contributed by atoms with Crippen molar-refractivity contribution in [2.24, 2.45) is 11.7 Å². The average molecular weight is 196 g/mol. The summed E-state index contributed by atoms with van der Waals surface area (Å²) in [6.45, 7) is 3.45. The Labute approximate surface area is 84.3 Å². The SMILES string of the molecule is CCC(CN)CNc1ccccc1F. The number of hydrogen-bond donors (Lipinski definition) is 2. The van der Waals surface area contributed by atoms with Crippen LogP contribution in [0.1, 0.15) is 13.3 Å². The highest BCUT2D eigenvalue weighted by Crippen LogP contribution is 2.13. The molecular formula is C11H17FN2. The third-order valence-electron chi connectivity index (χ3n) is 2.37. The van der Waals surface area contributed by atoms with Gasteiger partial charge in [0.15, 0.2) is 0 Å². The lowest BCUT2D eigenvalue weighted by Crippen LogP contribution is -2.22. The van der Waals surface area contributed by atoms with Gasteiger partial charge in [-0.25, -0.2) is 4.39 Å². The molecule has 0 fully saturated rings. The minimum absolute atomic E-state index is 0.209. The second kappa shape index (κ2) is 5.60. The zero-order valence-electron chi connectivity index (χ0n) is 8.46. The zero-order valence-corrected chi connectivity index (χ0v) is 8.46. The molecule has 0 amide bonds. The summed E-state index contributed by atoms with van der Waals surface area (Å²) in [5.74, 6) is 0.203. The summed E-state index contributed by atoms with van der Waals surface area (Å²) >= 11 is 0. The van der Waals surface area contributed by atoms with Gasteiger partial charge in [-0.15, -0.1) is 0 Å². The van der Waals surface area contributed by atoms with Crippen LogP contribution in [0.2, 0.25) is 0 Å². The molecule has 0 heterocycles. The van der Waals surface area contributed by atoms with E-state index in [0.29, 0.717) is 18.2 Å². The predicted molar refractivity (Wildman–Crippen MR) is 57.7 cm³/mol. The second-order valence-electron chi connectivity index (χ2n) is 3.37. The number of nitrogens with one attached hydrogen (secondary N) is 1. The molecular weight excluding hydrogens is 179 g/mol. The zero-order chi connectivity index (χ0) is 10.4. The van der Waals surface area contributed by atoms with Gasteiger partial charge in [0.2, 0.25) is 0 Å². The number of anilines is 1. The van der Waals surface area contributed by atoms with Crippen LogP contribution in [0.15, 0.2) is 24.3 Å². The molecule has 1 atom stereocenters. The summed E-state index contributed by atoms with van der Waals surface area (Å²) in [6, 6.07) is 6.68. The molecule has 0 aliphatic heterocycles. The number of nitrogens with two attached hydrogens (primary N) is 1. The molecule has 3 heteroatoms. The van der Waals surface area contributed by atoms with Crippen LogP contribution in [0.25, 0.3) is 0 Å². The fourth-order valence-electron chi connectivity index (χ4n) is 1.25. The van der Waals surface area contributed by atoms with Gasteiger partial charge in [-0.1, -0.05) is 25.5 Å². The smallest absolute Gasteiger partial charge is 0.146 e. The van der Waals surface area contributed by atoms with Crippen molar-refractivity contribution in [3.63, 3.8) is 0 Å². The molecule has 0 aliphatic carbocycles. The summed E-state index contributed by atoms with van der Waals surface area (Å²) in [6.07, 6.45) is 1.01. The molecule has 0 bridgehead atoms. The summed E-state index contributed by atoms with van der Waals surface area (Å²) in [5, 5.41) is 3.06. The maximum Gasteiger partial charge on any atom is 0.146 e. The minimum atomic E-state index is -0.209. The minimum Gasteiger partial charge on any atom is -0.382 e. The Hall–Kier alpha value is -1.09. The molecule has 0 spiro atoms. The molecule has 1 rings (SSSR count). The van der Waals surface area contributed by atoms with Crippen molar-refractivity contribution < 1.29 is 4.39 Å².